The van der Waals surface area contributed by atoms with Gasteiger partial charge in [-0.2, -0.15) is 0 Å². The summed E-state index contributed by atoms with van der Waals surface area (Å²) in [6.45, 7) is 10.5. The molecule has 15 heavy (non-hydrogen) atoms. The van der Waals surface area contributed by atoms with E-state index in [9.17, 15) is 4.79 Å². The molecule has 0 N–H and O–H groups in total. The summed E-state index contributed by atoms with van der Waals surface area (Å²) < 4.78 is 0. The molecule has 0 saturated heterocycles. The Hall–Kier alpha value is -0.790. The van der Waals surface area contributed by atoms with Crippen LogP contribution in [-0.2, 0) is 4.79 Å². The molecule has 0 fully saturated rings. The van der Waals surface area contributed by atoms with E-state index in [0.717, 1.165) is 25.9 Å². The Kier molecular flexibility index (Phi) is 3.95. The molecule has 0 aromatic heterocycles. The van der Waals surface area contributed by atoms with Crippen molar-refractivity contribution in [3.8, 4) is 0 Å². The molecule has 2 nitrogen and oxygen atoms in total. The molecule has 86 valence electrons. The number of amides is 1. The molecule has 1 aliphatic rings. The van der Waals surface area contributed by atoms with Crippen molar-refractivity contribution in [1.82, 2.24) is 4.90 Å². The number of hydrogen-bond donors (Lipinski definition) is 0. The Bertz CT molecular complexity index is 260. The maximum Gasteiger partial charge on any atom is 0.222 e. The highest BCUT2D eigenvalue weighted by Gasteiger charge is 2.22. The summed E-state index contributed by atoms with van der Waals surface area (Å²) in [5.41, 5.74) is 1.75. The zero-order chi connectivity index (χ0) is 11.5. The fourth-order valence-corrected chi connectivity index (χ4v) is 1.95. The second kappa shape index (κ2) is 4.82. The SMILES string of the molecule is CCCC(=O)N1CC=C(C(C)(C)C)CC1. The van der Waals surface area contributed by atoms with E-state index in [4.69, 9.17) is 0 Å². The molecular formula is C13H23NO. The summed E-state index contributed by atoms with van der Waals surface area (Å²) in [6, 6.07) is 0. The Morgan fingerprint density at radius 3 is 2.53 bits per heavy atom. The van der Waals surface area contributed by atoms with E-state index < -0.39 is 0 Å². The van der Waals surface area contributed by atoms with Crippen LogP contribution in [0.3, 0.4) is 0 Å². The lowest BCUT2D eigenvalue weighted by Gasteiger charge is -2.32. The molecule has 0 aromatic carbocycles. The van der Waals surface area contributed by atoms with Gasteiger partial charge in [-0.25, -0.2) is 0 Å². The van der Waals surface area contributed by atoms with Crippen LogP contribution >= 0.6 is 0 Å². The van der Waals surface area contributed by atoms with Crippen LogP contribution in [0.1, 0.15) is 47.0 Å². The highest BCUT2D eigenvalue weighted by atomic mass is 16.2. The summed E-state index contributed by atoms with van der Waals surface area (Å²) in [5.74, 6) is 0.307. The van der Waals surface area contributed by atoms with Gasteiger partial charge in [0.2, 0.25) is 5.91 Å². The Balaban J connectivity index is 2.54. The highest BCUT2D eigenvalue weighted by Crippen LogP contribution is 2.30. The summed E-state index contributed by atoms with van der Waals surface area (Å²) in [5, 5.41) is 0. The first-order valence-electron chi connectivity index (χ1n) is 5.92. The molecular weight excluding hydrogens is 186 g/mol. The minimum atomic E-state index is 0.264. The van der Waals surface area contributed by atoms with E-state index in [0.29, 0.717) is 12.3 Å². The van der Waals surface area contributed by atoms with Crippen molar-refractivity contribution in [2.24, 2.45) is 5.41 Å². The molecule has 1 aliphatic heterocycles. The first-order valence-corrected chi connectivity index (χ1v) is 5.92. The van der Waals surface area contributed by atoms with E-state index in [-0.39, 0.29) is 5.41 Å². The summed E-state index contributed by atoms with van der Waals surface area (Å²) in [7, 11) is 0. The van der Waals surface area contributed by atoms with Gasteiger partial charge in [0.25, 0.3) is 0 Å². The molecule has 1 heterocycles. The van der Waals surface area contributed by atoms with E-state index in [1.807, 2.05) is 4.90 Å². The fourth-order valence-electron chi connectivity index (χ4n) is 1.95. The largest absolute Gasteiger partial charge is 0.339 e. The van der Waals surface area contributed by atoms with Gasteiger partial charge < -0.3 is 4.90 Å². The predicted molar refractivity (Wildman–Crippen MR) is 63.6 cm³/mol. The van der Waals surface area contributed by atoms with Crippen LogP contribution in [0.25, 0.3) is 0 Å². The topological polar surface area (TPSA) is 20.3 Å². The lowest BCUT2D eigenvalue weighted by molar-refractivity contribution is -0.130. The third kappa shape index (κ3) is 3.37. The quantitative estimate of drug-likeness (QED) is 0.640. The molecule has 0 spiro atoms. The van der Waals surface area contributed by atoms with Crippen molar-refractivity contribution in [2.45, 2.75) is 47.0 Å². The molecule has 0 atom stereocenters. The predicted octanol–water partition coefficient (Wildman–Crippen LogP) is 2.99. The molecule has 0 unspecified atom stereocenters. The minimum Gasteiger partial charge on any atom is -0.339 e. The van der Waals surface area contributed by atoms with E-state index >= 15 is 0 Å². The first kappa shape index (κ1) is 12.3. The van der Waals surface area contributed by atoms with Crippen LogP contribution in [0.4, 0.5) is 0 Å². The van der Waals surface area contributed by atoms with Crippen LogP contribution in [0.5, 0.6) is 0 Å². The van der Waals surface area contributed by atoms with Crippen LogP contribution in [0.2, 0.25) is 0 Å². The minimum absolute atomic E-state index is 0.264. The molecule has 0 saturated carbocycles. The molecule has 0 aliphatic carbocycles. The summed E-state index contributed by atoms with van der Waals surface area (Å²) in [6.07, 6.45) is 4.92. The number of hydrogen-bond acceptors (Lipinski definition) is 1. The van der Waals surface area contributed by atoms with Crippen molar-refractivity contribution in [2.75, 3.05) is 13.1 Å². The second-order valence-electron chi connectivity index (χ2n) is 5.32. The summed E-state index contributed by atoms with van der Waals surface area (Å²) in [4.78, 5) is 13.6. The van der Waals surface area contributed by atoms with Gasteiger partial charge in [0.05, 0.1) is 0 Å². The number of carbonyl (C=O) groups excluding carboxylic acids is 1. The Morgan fingerprint density at radius 1 is 1.47 bits per heavy atom. The monoisotopic (exact) mass is 209 g/mol. The number of carbonyl (C=O) groups is 1. The van der Waals surface area contributed by atoms with Crippen LogP contribution in [0.15, 0.2) is 11.6 Å². The first-order chi connectivity index (χ1) is 6.95. The maximum absolute atomic E-state index is 11.7. The molecule has 1 rings (SSSR count). The molecule has 0 radical (unpaired) electrons. The highest BCUT2D eigenvalue weighted by molar-refractivity contribution is 5.76. The lowest BCUT2D eigenvalue weighted by atomic mass is 9.83. The van der Waals surface area contributed by atoms with Gasteiger partial charge >= 0.3 is 0 Å². The van der Waals surface area contributed by atoms with Crippen molar-refractivity contribution < 1.29 is 4.79 Å². The van der Waals surface area contributed by atoms with Gasteiger partial charge in [-0.3, -0.25) is 4.79 Å². The Labute approximate surface area is 93.3 Å². The van der Waals surface area contributed by atoms with Crippen molar-refractivity contribution in [3.63, 3.8) is 0 Å². The number of nitrogens with zero attached hydrogens (tertiary/aromatic N) is 1. The standard InChI is InChI=1S/C13H23NO/c1-5-6-12(15)14-9-7-11(8-10-14)13(2,3)4/h7H,5-6,8-10H2,1-4H3. The summed E-state index contributed by atoms with van der Waals surface area (Å²) >= 11 is 0. The molecule has 2 heteroatoms. The van der Waals surface area contributed by atoms with Gasteiger partial charge in [-0.15, -0.1) is 0 Å². The van der Waals surface area contributed by atoms with Gasteiger partial charge in [0, 0.05) is 19.5 Å². The maximum atomic E-state index is 11.7. The van der Waals surface area contributed by atoms with Crippen LogP contribution in [-0.4, -0.2) is 23.9 Å². The van der Waals surface area contributed by atoms with Gasteiger partial charge in [0.15, 0.2) is 0 Å². The van der Waals surface area contributed by atoms with Crippen molar-refractivity contribution in [1.29, 1.82) is 0 Å². The third-order valence-corrected chi connectivity index (χ3v) is 2.99. The van der Waals surface area contributed by atoms with Crippen LogP contribution < -0.4 is 0 Å². The van der Waals surface area contributed by atoms with Gasteiger partial charge in [-0.05, 0) is 18.3 Å². The lowest BCUT2D eigenvalue weighted by Crippen LogP contribution is -2.36. The fraction of sp³-hybridized carbons (Fsp3) is 0.769. The molecule has 0 bridgehead atoms. The zero-order valence-electron chi connectivity index (χ0n) is 10.5. The second-order valence-corrected chi connectivity index (χ2v) is 5.32. The molecule has 1 amide bonds. The number of rotatable bonds is 2. The Morgan fingerprint density at radius 2 is 2.13 bits per heavy atom. The van der Waals surface area contributed by atoms with E-state index in [2.05, 4.69) is 33.8 Å². The van der Waals surface area contributed by atoms with Crippen molar-refractivity contribution >= 4 is 5.91 Å². The average molecular weight is 209 g/mol. The normalized spacial score (nSPS) is 17.6. The van der Waals surface area contributed by atoms with E-state index in [1.165, 1.54) is 5.57 Å². The van der Waals surface area contributed by atoms with E-state index in [1.54, 1.807) is 0 Å². The average Bonchev–Trinajstić information content (AvgIpc) is 2.17. The van der Waals surface area contributed by atoms with Crippen molar-refractivity contribution in [3.05, 3.63) is 11.6 Å². The van der Waals surface area contributed by atoms with Gasteiger partial charge in [-0.1, -0.05) is 39.3 Å². The zero-order valence-corrected chi connectivity index (χ0v) is 10.5. The third-order valence-electron chi connectivity index (χ3n) is 2.99. The molecule has 0 aromatic rings. The smallest absolute Gasteiger partial charge is 0.222 e. The van der Waals surface area contributed by atoms with Gasteiger partial charge in [0.1, 0.15) is 0 Å². The van der Waals surface area contributed by atoms with Crippen LogP contribution in [0, 0.1) is 5.41 Å².